The van der Waals surface area contributed by atoms with Gasteiger partial charge in [0, 0.05) is 24.6 Å². The normalized spacial score (nSPS) is 18.1. The van der Waals surface area contributed by atoms with E-state index in [0.717, 1.165) is 6.07 Å². The lowest BCUT2D eigenvalue weighted by molar-refractivity contribution is -0.155. The lowest BCUT2D eigenvalue weighted by atomic mass is 9.82. The molecule has 1 aliphatic rings. The van der Waals surface area contributed by atoms with Gasteiger partial charge in [-0.2, -0.15) is 13.2 Å². The molecule has 0 spiro atoms. The van der Waals surface area contributed by atoms with Crippen molar-refractivity contribution in [3.05, 3.63) is 23.6 Å². The molecule has 5 nitrogen and oxygen atoms in total. The molecule has 0 unspecified atom stereocenters. The van der Waals surface area contributed by atoms with Crippen LogP contribution in [0.2, 0.25) is 0 Å². The molecule has 0 aliphatic carbocycles. The number of hydrogen-bond donors (Lipinski definition) is 0. The highest BCUT2D eigenvalue weighted by molar-refractivity contribution is 5.69. The SMILES string of the molecule is CC1(C=Cc2cc(C(F)(F)F)on2)CN(C(=O)OC(C)(C)C)C1. The van der Waals surface area contributed by atoms with E-state index in [9.17, 15) is 18.0 Å². The van der Waals surface area contributed by atoms with E-state index in [-0.39, 0.29) is 11.1 Å². The van der Waals surface area contributed by atoms with Crippen molar-refractivity contribution >= 4 is 12.2 Å². The Balaban J connectivity index is 1.92. The van der Waals surface area contributed by atoms with Gasteiger partial charge in [0.05, 0.1) is 0 Å². The number of carbonyl (C=O) groups is 1. The molecule has 2 heterocycles. The molecule has 0 saturated carbocycles. The molecule has 2 rings (SSSR count). The zero-order valence-electron chi connectivity index (χ0n) is 13.4. The topological polar surface area (TPSA) is 55.6 Å². The van der Waals surface area contributed by atoms with Crippen LogP contribution in [0, 0.1) is 5.41 Å². The number of halogens is 3. The minimum atomic E-state index is -4.55. The first-order valence-corrected chi connectivity index (χ1v) is 7.09. The Bertz CT molecular complexity index is 608. The molecule has 0 bridgehead atoms. The maximum atomic E-state index is 12.4. The molecule has 128 valence electrons. The van der Waals surface area contributed by atoms with Crippen molar-refractivity contribution in [1.29, 1.82) is 0 Å². The molecule has 0 N–H and O–H groups in total. The summed E-state index contributed by atoms with van der Waals surface area (Å²) in [4.78, 5) is 13.4. The molecule has 0 aromatic carbocycles. The van der Waals surface area contributed by atoms with Crippen molar-refractivity contribution in [3.63, 3.8) is 0 Å². The molecule has 1 fully saturated rings. The van der Waals surface area contributed by atoms with E-state index in [1.54, 1.807) is 31.7 Å². The quantitative estimate of drug-likeness (QED) is 0.822. The van der Waals surface area contributed by atoms with Crippen molar-refractivity contribution in [2.75, 3.05) is 13.1 Å². The minimum Gasteiger partial charge on any atom is -0.444 e. The van der Waals surface area contributed by atoms with E-state index in [1.165, 1.54) is 6.08 Å². The van der Waals surface area contributed by atoms with Gasteiger partial charge >= 0.3 is 12.3 Å². The highest BCUT2D eigenvalue weighted by Crippen LogP contribution is 2.34. The summed E-state index contributed by atoms with van der Waals surface area (Å²) in [7, 11) is 0. The predicted octanol–water partition coefficient (Wildman–Crippen LogP) is 3.96. The van der Waals surface area contributed by atoms with Crippen molar-refractivity contribution in [3.8, 4) is 0 Å². The summed E-state index contributed by atoms with van der Waals surface area (Å²) in [6.07, 6.45) is -1.76. The first-order valence-electron chi connectivity index (χ1n) is 7.09. The molecule has 1 aromatic heterocycles. The number of alkyl halides is 3. The number of rotatable bonds is 2. The van der Waals surface area contributed by atoms with E-state index < -0.39 is 23.6 Å². The van der Waals surface area contributed by atoms with Crippen LogP contribution in [0.25, 0.3) is 6.08 Å². The molecule has 0 atom stereocenters. The molecule has 1 aliphatic heterocycles. The van der Waals surface area contributed by atoms with E-state index in [2.05, 4.69) is 9.68 Å². The van der Waals surface area contributed by atoms with Crippen LogP contribution in [0.5, 0.6) is 0 Å². The molecule has 23 heavy (non-hydrogen) atoms. The second-order valence-corrected chi connectivity index (χ2v) is 6.94. The van der Waals surface area contributed by atoms with Gasteiger partial charge in [0.15, 0.2) is 0 Å². The van der Waals surface area contributed by atoms with Gasteiger partial charge in [-0.05, 0) is 26.8 Å². The van der Waals surface area contributed by atoms with Crippen LogP contribution in [0.15, 0.2) is 16.7 Å². The second-order valence-electron chi connectivity index (χ2n) is 6.94. The Hall–Kier alpha value is -1.99. The summed E-state index contributed by atoms with van der Waals surface area (Å²) < 4.78 is 46.7. The summed E-state index contributed by atoms with van der Waals surface area (Å²) in [5.74, 6) is -1.13. The summed E-state index contributed by atoms with van der Waals surface area (Å²) in [6, 6.07) is 0.837. The predicted molar refractivity (Wildman–Crippen MR) is 76.5 cm³/mol. The Morgan fingerprint density at radius 3 is 2.48 bits per heavy atom. The van der Waals surface area contributed by atoms with E-state index in [4.69, 9.17) is 4.74 Å². The first kappa shape index (κ1) is 17.4. The van der Waals surface area contributed by atoms with Crippen LogP contribution in [0.1, 0.15) is 39.1 Å². The standard InChI is InChI=1S/C15H19F3N2O3/c1-13(2,3)22-12(21)20-8-14(4,9-20)6-5-10-7-11(23-19-10)15(16,17)18/h5-7H,8-9H2,1-4H3. The Labute approximate surface area is 132 Å². The van der Waals surface area contributed by atoms with Crippen LogP contribution in [-0.4, -0.2) is 34.8 Å². The van der Waals surface area contributed by atoms with Gasteiger partial charge in [-0.15, -0.1) is 0 Å². The fourth-order valence-electron chi connectivity index (χ4n) is 2.17. The smallest absolute Gasteiger partial charge is 0.444 e. The maximum absolute atomic E-state index is 12.4. The lowest BCUT2D eigenvalue weighted by Gasteiger charge is -2.46. The van der Waals surface area contributed by atoms with Crippen LogP contribution < -0.4 is 0 Å². The average molecular weight is 332 g/mol. The number of ether oxygens (including phenoxy) is 1. The fourth-order valence-corrected chi connectivity index (χ4v) is 2.17. The Morgan fingerprint density at radius 1 is 1.39 bits per heavy atom. The van der Waals surface area contributed by atoms with Gasteiger partial charge in [0.2, 0.25) is 5.76 Å². The molecular weight excluding hydrogens is 313 g/mol. The van der Waals surface area contributed by atoms with Crippen molar-refractivity contribution < 1.29 is 27.2 Å². The number of carbonyl (C=O) groups excluding carboxylic acids is 1. The summed E-state index contributed by atoms with van der Waals surface area (Å²) in [6.45, 7) is 8.12. The summed E-state index contributed by atoms with van der Waals surface area (Å²) in [5.41, 5.74) is -0.795. The number of likely N-dealkylation sites (tertiary alicyclic amines) is 1. The fraction of sp³-hybridized carbons (Fsp3) is 0.600. The monoisotopic (exact) mass is 332 g/mol. The van der Waals surface area contributed by atoms with Gasteiger partial charge < -0.3 is 14.2 Å². The zero-order valence-corrected chi connectivity index (χ0v) is 13.4. The van der Waals surface area contributed by atoms with Gasteiger partial charge in [-0.3, -0.25) is 0 Å². The van der Waals surface area contributed by atoms with Crippen LogP contribution >= 0.6 is 0 Å². The van der Waals surface area contributed by atoms with Crippen LogP contribution in [0.4, 0.5) is 18.0 Å². The number of amides is 1. The molecular formula is C15H19F3N2O3. The van der Waals surface area contributed by atoms with Crippen molar-refractivity contribution in [2.24, 2.45) is 5.41 Å². The number of aromatic nitrogens is 1. The van der Waals surface area contributed by atoms with E-state index in [1.807, 2.05) is 6.92 Å². The third-order valence-electron chi connectivity index (χ3n) is 3.22. The highest BCUT2D eigenvalue weighted by atomic mass is 19.4. The molecule has 1 aromatic rings. The Morgan fingerprint density at radius 2 is 2.00 bits per heavy atom. The summed E-state index contributed by atoms with van der Waals surface area (Å²) in [5, 5.41) is 3.36. The van der Waals surface area contributed by atoms with E-state index >= 15 is 0 Å². The minimum absolute atomic E-state index is 0.0919. The highest BCUT2D eigenvalue weighted by Gasteiger charge is 2.41. The lowest BCUT2D eigenvalue weighted by Crippen LogP contribution is -2.57. The Kier molecular flexibility index (Phi) is 4.21. The third-order valence-corrected chi connectivity index (χ3v) is 3.22. The number of nitrogens with zero attached hydrogens (tertiary/aromatic N) is 2. The van der Waals surface area contributed by atoms with Crippen LogP contribution in [-0.2, 0) is 10.9 Å². The molecule has 1 saturated heterocycles. The van der Waals surface area contributed by atoms with Gasteiger partial charge in [0.25, 0.3) is 0 Å². The second kappa shape index (κ2) is 5.58. The first-order chi connectivity index (χ1) is 10.4. The maximum Gasteiger partial charge on any atom is 0.452 e. The van der Waals surface area contributed by atoms with E-state index in [0.29, 0.717) is 13.1 Å². The van der Waals surface area contributed by atoms with Gasteiger partial charge in [-0.25, -0.2) is 4.79 Å². The van der Waals surface area contributed by atoms with Crippen molar-refractivity contribution in [2.45, 2.75) is 39.5 Å². The molecule has 1 amide bonds. The largest absolute Gasteiger partial charge is 0.452 e. The molecule has 8 heteroatoms. The van der Waals surface area contributed by atoms with Crippen molar-refractivity contribution in [1.82, 2.24) is 10.1 Å². The third kappa shape index (κ3) is 4.49. The molecule has 0 radical (unpaired) electrons. The van der Waals surface area contributed by atoms with Crippen LogP contribution in [0.3, 0.4) is 0 Å². The average Bonchev–Trinajstić information content (AvgIpc) is 2.79. The van der Waals surface area contributed by atoms with Gasteiger partial charge in [-0.1, -0.05) is 18.2 Å². The summed E-state index contributed by atoms with van der Waals surface area (Å²) >= 11 is 0. The zero-order chi connectivity index (χ0) is 17.5. The number of hydrogen-bond acceptors (Lipinski definition) is 4. The van der Waals surface area contributed by atoms with Gasteiger partial charge in [0.1, 0.15) is 11.3 Å².